The van der Waals surface area contributed by atoms with E-state index in [9.17, 15) is 5.26 Å². The Morgan fingerprint density at radius 3 is 2.80 bits per heavy atom. The minimum Gasteiger partial charge on any atom is -0.382 e. The molecule has 0 aliphatic carbocycles. The molecule has 8 heteroatoms. The number of anilines is 1. The number of hydrogen-bond donors (Lipinski definition) is 2. The van der Waals surface area contributed by atoms with Gasteiger partial charge in [-0.2, -0.15) is 22.1 Å². The second-order valence-corrected chi connectivity index (χ2v) is 9.74. The number of nitrogens with one attached hydrogen (secondary N) is 1. The standard InChI is InChI=1S/C22H31N7S/c1-4-25-21(28-13-14-30-22(2,3)16-28)26-12-8-11-19-18(15-23)20(24)29(27-19)17-9-6-5-7-10-17/h5-7,9-10H,4,8,11-14,16,24H2,1-3H3,(H,25,26). The van der Waals surface area contributed by atoms with E-state index >= 15 is 0 Å². The molecule has 0 unspecified atom stereocenters. The van der Waals surface area contributed by atoms with Gasteiger partial charge in [-0.15, -0.1) is 0 Å². The van der Waals surface area contributed by atoms with Crippen molar-refractivity contribution in [3.8, 4) is 11.8 Å². The van der Waals surface area contributed by atoms with Crippen molar-refractivity contribution in [3.63, 3.8) is 0 Å². The Morgan fingerprint density at radius 2 is 2.13 bits per heavy atom. The summed E-state index contributed by atoms with van der Waals surface area (Å²) >= 11 is 2.01. The lowest BCUT2D eigenvalue weighted by Gasteiger charge is -2.39. The molecule has 0 spiro atoms. The normalized spacial score (nSPS) is 16.3. The van der Waals surface area contributed by atoms with Gasteiger partial charge >= 0.3 is 0 Å². The first-order valence-electron chi connectivity index (χ1n) is 10.5. The van der Waals surface area contributed by atoms with Crippen molar-refractivity contribution in [2.24, 2.45) is 4.99 Å². The number of nitriles is 1. The topological polar surface area (TPSA) is 95.3 Å². The fraction of sp³-hybridized carbons (Fsp3) is 0.500. The third-order valence-electron chi connectivity index (χ3n) is 5.00. The molecule has 2 aromatic rings. The summed E-state index contributed by atoms with van der Waals surface area (Å²) in [6.45, 7) is 10.2. The zero-order chi connectivity index (χ0) is 21.6. The van der Waals surface area contributed by atoms with Crippen molar-refractivity contribution >= 4 is 23.5 Å². The molecule has 30 heavy (non-hydrogen) atoms. The van der Waals surface area contributed by atoms with Crippen LogP contribution in [0.2, 0.25) is 0 Å². The Bertz CT molecular complexity index is 912. The molecule has 2 heterocycles. The van der Waals surface area contributed by atoms with E-state index in [1.807, 2.05) is 42.1 Å². The highest BCUT2D eigenvalue weighted by Gasteiger charge is 2.28. The second-order valence-electron chi connectivity index (χ2n) is 7.94. The summed E-state index contributed by atoms with van der Waals surface area (Å²) in [5, 5.41) is 17.6. The van der Waals surface area contributed by atoms with Gasteiger partial charge in [-0.1, -0.05) is 18.2 Å². The van der Waals surface area contributed by atoms with Crippen LogP contribution in [-0.4, -0.2) is 57.3 Å². The van der Waals surface area contributed by atoms with Gasteiger partial charge < -0.3 is 16.0 Å². The molecule has 1 aromatic carbocycles. The first kappa shape index (κ1) is 22.0. The van der Waals surface area contributed by atoms with Gasteiger partial charge in [-0.05, 0) is 45.7 Å². The molecule has 1 aromatic heterocycles. The largest absolute Gasteiger partial charge is 0.382 e. The van der Waals surface area contributed by atoms with Crippen LogP contribution in [0.4, 0.5) is 5.82 Å². The quantitative estimate of drug-likeness (QED) is 0.420. The molecule has 1 fully saturated rings. The summed E-state index contributed by atoms with van der Waals surface area (Å²) in [6.07, 6.45) is 1.47. The molecule has 1 aliphatic rings. The number of rotatable bonds is 6. The van der Waals surface area contributed by atoms with Gasteiger partial charge in [0.05, 0.1) is 11.4 Å². The van der Waals surface area contributed by atoms with E-state index in [0.29, 0.717) is 24.3 Å². The molecule has 0 radical (unpaired) electrons. The maximum absolute atomic E-state index is 9.56. The molecular formula is C22H31N7S. The van der Waals surface area contributed by atoms with Gasteiger partial charge in [0, 0.05) is 36.7 Å². The molecule has 7 nitrogen and oxygen atoms in total. The van der Waals surface area contributed by atoms with E-state index in [0.717, 1.165) is 49.1 Å². The number of para-hydroxylation sites is 1. The number of benzene rings is 1. The van der Waals surface area contributed by atoms with E-state index in [1.165, 1.54) is 0 Å². The Balaban J connectivity index is 1.67. The molecule has 3 rings (SSSR count). The highest BCUT2D eigenvalue weighted by molar-refractivity contribution is 8.00. The van der Waals surface area contributed by atoms with E-state index in [4.69, 9.17) is 10.7 Å². The number of aryl methyl sites for hydroxylation is 1. The van der Waals surface area contributed by atoms with Crippen LogP contribution in [-0.2, 0) is 6.42 Å². The average Bonchev–Trinajstić information content (AvgIpc) is 3.05. The molecule has 0 bridgehead atoms. The molecule has 160 valence electrons. The summed E-state index contributed by atoms with van der Waals surface area (Å²) < 4.78 is 1.88. The Morgan fingerprint density at radius 1 is 1.37 bits per heavy atom. The number of hydrogen-bond acceptors (Lipinski definition) is 5. The summed E-state index contributed by atoms with van der Waals surface area (Å²) in [7, 11) is 0. The summed E-state index contributed by atoms with van der Waals surface area (Å²) in [5.41, 5.74) is 8.24. The van der Waals surface area contributed by atoms with Gasteiger partial charge in [0.25, 0.3) is 0 Å². The lowest BCUT2D eigenvalue weighted by atomic mass is 10.1. The zero-order valence-corrected chi connectivity index (χ0v) is 18.9. The molecule has 0 amide bonds. The zero-order valence-electron chi connectivity index (χ0n) is 18.1. The molecule has 0 atom stereocenters. The van der Waals surface area contributed by atoms with Gasteiger partial charge in [0.15, 0.2) is 5.96 Å². The third-order valence-corrected chi connectivity index (χ3v) is 6.30. The molecule has 0 saturated carbocycles. The number of thioether (sulfide) groups is 1. The SMILES string of the molecule is CCNC(=NCCCc1nn(-c2ccccc2)c(N)c1C#N)N1CCSC(C)(C)C1. The van der Waals surface area contributed by atoms with Crippen molar-refractivity contribution in [1.29, 1.82) is 5.26 Å². The molecule has 3 N–H and O–H groups in total. The number of nitrogens with zero attached hydrogens (tertiary/aromatic N) is 5. The highest BCUT2D eigenvalue weighted by Crippen LogP contribution is 2.29. The smallest absolute Gasteiger partial charge is 0.193 e. The Labute approximate surface area is 183 Å². The van der Waals surface area contributed by atoms with Crippen molar-refractivity contribution in [3.05, 3.63) is 41.6 Å². The fourth-order valence-corrected chi connectivity index (χ4v) is 4.71. The van der Waals surface area contributed by atoms with E-state index in [1.54, 1.807) is 4.68 Å². The average molecular weight is 426 g/mol. The van der Waals surface area contributed by atoms with Crippen LogP contribution in [0.25, 0.3) is 5.69 Å². The number of nitrogens with two attached hydrogens (primary N) is 1. The Kier molecular flexibility index (Phi) is 7.27. The first-order valence-corrected chi connectivity index (χ1v) is 11.4. The maximum atomic E-state index is 9.56. The van der Waals surface area contributed by atoms with Crippen LogP contribution in [0.3, 0.4) is 0 Å². The fourth-order valence-electron chi connectivity index (χ4n) is 3.60. The van der Waals surface area contributed by atoms with E-state index in [-0.39, 0.29) is 4.75 Å². The Hall–Kier alpha value is -2.66. The minimum absolute atomic E-state index is 0.234. The van der Waals surface area contributed by atoms with Crippen LogP contribution in [0.15, 0.2) is 35.3 Å². The number of nitrogen functional groups attached to an aromatic ring is 1. The number of aromatic nitrogens is 2. The summed E-state index contributed by atoms with van der Waals surface area (Å²) in [5.74, 6) is 2.48. The minimum atomic E-state index is 0.234. The van der Waals surface area contributed by atoms with Gasteiger partial charge in [0.2, 0.25) is 0 Å². The first-order chi connectivity index (χ1) is 14.4. The molecular weight excluding hydrogens is 394 g/mol. The lowest BCUT2D eigenvalue weighted by Crippen LogP contribution is -2.51. The van der Waals surface area contributed by atoms with Crippen molar-refractivity contribution in [2.75, 3.05) is 37.7 Å². The lowest BCUT2D eigenvalue weighted by molar-refractivity contribution is 0.376. The number of guanidine groups is 1. The van der Waals surface area contributed by atoms with Crippen LogP contribution < -0.4 is 11.1 Å². The van der Waals surface area contributed by atoms with Crippen LogP contribution >= 0.6 is 11.8 Å². The second kappa shape index (κ2) is 9.90. The van der Waals surface area contributed by atoms with Gasteiger partial charge in [-0.3, -0.25) is 4.99 Å². The monoisotopic (exact) mass is 425 g/mol. The van der Waals surface area contributed by atoms with Crippen molar-refractivity contribution < 1.29 is 0 Å². The van der Waals surface area contributed by atoms with Crippen LogP contribution in [0.5, 0.6) is 0 Å². The maximum Gasteiger partial charge on any atom is 0.193 e. The third kappa shape index (κ3) is 5.28. The van der Waals surface area contributed by atoms with Crippen LogP contribution in [0, 0.1) is 11.3 Å². The predicted molar refractivity (Wildman–Crippen MR) is 125 cm³/mol. The van der Waals surface area contributed by atoms with E-state index in [2.05, 4.69) is 42.2 Å². The van der Waals surface area contributed by atoms with Crippen molar-refractivity contribution in [1.82, 2.24) is 20.0 Å². The summed E-state index contributed by atoms with van der Waals surface area (Å²) in [4.78, 5) is 7.18. The van der Waals surface area contributed by atoms with E-state index < -0.39 is 0 Å². The predicted octanol–water partition coefficient (Wildman–Crippen LogP) is 3.05. The van der Waals surface area contributed by atoms with Gasteiger partial charge in [-0.25, -0.2) is 4.68 Å². The number of aliphatic imine (C=N–C) groups is 1. The van der Waals surface area contributed by atoms with Crippen LogP contribution in [0.1, 0.15) is 38.4 Å². The summed E-state index contributed by atoms with van der Waals surface area (Å²) in [6, 6.07) is 11.9. The molecule has 1 saturated heterocycles. The van der Waals surface area contributed by atoms with Crippen molar-refractivity contribution in [2.45, 2.75) is 38.4 Å². The highest BCUT2D eigenvalue weighted by atomic mass is 32.2. The van der Waals surface area contributed by atoms with Gasteiger partial charge in [0.1, 0.15) is 17.5 Å². The molecule has 1 aliphatic heterocycles.